The second-order valence-electron chi connectivity index (χ2n) is 4.67. The molecule has 0 aromatic carbocycles. The number of nitrogens with one attached hydrogen (secondary N) is 2. The lowest BCUT2D eigenvalue weighted by Crippen LogP contribution is -2.52. The lowest BCUT2D eigenvalue weighted by atomic mass is 10.0. The molecule has 4 heteroatoms. The van der Waals surface area contributed by atoms with Crippen LogP contribution in [0.2, 0.25) is 0 Å². The molecule has 0 aromatic heterocycles. The Morgan fingerprint density at radius 3 is 2.80 bits per heavy atom. The van der Waals surface area contributed by atoms with Crippen LogP contribution in [0.3, 0.4) is 0 Å². The average molecular weight is 214 g/mol. The fourth-order valence-electron chi connectivity index (χ4n) is 1.54. The smallest absolute Gasteiger partial charge is 0.239 e. The van der Waals surface area contributed by atoms with Crippen LogP contribution < -0.4 is 10.6 Å². The first-order valence-electron chi connectivity index (χ1n) is 5.61. The number of likely N-dealkylation sites (N-methyl/N-ethyl adjacent to an activating group) is 1. The maximum absolute atomic E-state index is 11.7. The molecule has 1 amide bonds. The van der Waals surface area contributed by atoms with Crippen LogP contribution in [-0.2, 0) is 9.53 Å². The van der Waals surface area contributed by atoms with Gasteiger partial charge in [0.1, 0.15) is 0 Å². The van der Waals surface area contributed by atoms with Crippen molar-refractivity contribution >= 4 is 5.91 Å². The van der Waals surface area contributed by atoms with Crippen LogP contribution in [0, 0.1) is 5.92 Å². The normalized spacial score (nSPS) is 22.5. The fraction of sp³-hybridized carbons (Fsp3) is 0.909. The molecule has 0 radical (unpaired) electrons. The molecular weight excluding hydrogens is 192 g/mol. The van der Waals surface area contributed by atoms with Gasteiger partial charge in [-0.15, -0.1) is 0 Å². The second-order valence-corrected chi connectivity index (χ2v) is 4.67. The van der Waals surface area contributed by atoms with Crippen LogP contribution in [0.1, 0.15) is 26.7 Å². The molecule has 1 saturated heterocycles. The lowest BCUT2D eigenvalue weighted by Gasteiger charge is -2.26. The van der Waals surface area contributed by atoms with Crippen LogP contribution in [0.5, 0.6) is 0 Å². The molecule has 1 heterocycles. The maximum Gasteiger partial charge on any atom is 0.239 e. The molecule has 0 aliphatic carbocycles. The van der Waals surface area contributed by atoms with Gasteiger partial charge < -0.3 is 15.4 Å². The molecule has 0 bridgehead atoms. The van der Waals surface area contributed by atoms with Crippen LogP contribution >= 0.6 is 0 Å². The zero-order valence-electron chi connectivity index (χ0n) is 9.93. The predicted molar refractivity (Wildman–Crippen MR) is 59.7 cm³/mol. The van der Waals surface area contributed by atoms with Gasteiger partial charge in [0.2, 0.25) is 5.91 Å². The van der Waals surface area contributed by atoms with Gasteiger partial charge in [-0.05, 0) is 39.7 Å². The van der Waals surface area contributed by atoms with Gasteiger partial charge in [0.05, 0.1) is 12.1 Å². The van der Waals surface area contributed by atoms with E-state index in [-0.39, 0.29) is 5.91 Å². The summed E-state index contributed by atoms with van der Waals surface area (Å²) in [5.74, 6) is 0.533. The first-order chi connectivity index (χ1) is 7.06. The summed E-state index contributed by atoms with van der Waals surface area (Å²) in [5.41, 5.74) is -0.491. The molecule has 1 atom stereocenters. The Morgan fingerprint density at radius 1 is 1.53 bits per heavy atom. The Labute approximate surface area is 91.8 Å². The highest BCUT2D eigenvalue weighted by Crippen LogP contribution is 2.12. The Balaban J connectivity index is 2.26. The molecule has 1 unspecified atom stereocenters. The van der Waals surface area contributed by atoms with Gasteiger partial charge in [-0.3, -0.25) is 4.79 Å². The zero-order chi connectivity index (χ0) is 11.3. The quantitative estimate of drug-likeness (QED) is 0.717. The van der Waals surface area contributed by atoms with E-state index in [1.165, 1.54) is 0 Å². The molecular formula is C11H22N2O2. The van der Waals surface area contributed by atoms with E-state index in [9.17, 15) is 4.79 Å². The molecule has 0 spiro atoms. The van der Waals surface area contributed by atoms with E-state index in [4.69, 9.17) is 4.74 Å². The Morgan fingerprint density at radius 2 is 2.27 bits per heavy atom. The molecule has 88 valence electrons. The van der Waals surface area contributed by atoms with Gasteiger partial charge in [-0.2, -0.15) is 0 Å². The van der Waals surface area contributed by atoms with Crippen molar-refractivity contribution in [3.05, 3.63) is 0 Å². The highest BCUT2D eigenvalue weighted by atomic mass is 16.5. The van der Waals surface area contributed by atoms with E-state index in [1.807, 2.05) is 13.8 Å². The van der Waals surface area contributed by atoms with E-state index in [0.717, 1.165) is 32.6 Å². The maximum atomic E-state index is 11.7. The van der Waals surface area contributed by atoms with Gasteiger partial charge in [-0.1, -0.05) is 0 Å². The summed E-state index contributed by atoms with van der Waals surface area (Å²) < 4.78 is 5.36. The van der Waals surface area contributed by atoms with Crippen molar-refractivity contribution in [2.75, 3.05) is 26.8 Å². The minimum absolute atomic E-state index is 0.0515. The number of hydrogen-bond acceptors (Lipinski definition) is 3. The van der Waals surface area contributed by atoms with Crippen LogP contribution in [-0.4, -0.2) is 38.3 Å². The molecule has 1 rings (SSSR count). The highest BCUT2D eigenvalue weighted by Gasteiger charge is 2.25. The van der Waals surface area contributed by atoms with Crippen LogP contribution in [0.15, 0.2) is 0 Å². The molecule has 1 aliphatic rings. The summed E-state index contributed by atoms with van der Waals surface area (Å²) in [5, 5.41) is 5.95. The summed E-state index contributed by atoms with van der Waals surface area (Å²) in [6, 6.07) is 0. The van der Waals surface area contributed by atoms with Gasteiger partial charge in [-0.25, -0.2) is 0 Å². The number of ether oxygens (including phenoxy) is 1. The zero-order valence-corrected chi connectivity index (χ0v) is 9.93. The summed E-state index contributed by atoms with van der Waals surface area (Å²) in [6.45, 7) is 6.12. The van der Waals surface area contributed by atoms with E-state index >= 15 is 0 Å². The van der Waals surface area contributed by atoms with Crippen molar-refractivity contribution in [2.24, 2.45) is 5.92 Å². The SMILES string of the molecule is CNC(C)(C)C(=O)NCC1CCCOC1. The summed E-state index contributed by atoms with van der Waals surface area (Å²) in [4.78, 5) is 11.7. The number of carbonyl (C=O) groups is 1. The molecule has 0 saturated carbocycles. The van der Waals surface area contributed by atoms with Gasteiger partial charge in [0.15, 0.2) is 0 Å². The van der Waals surface area contributed by atoms with Crippen molar-refractivity contribution in [2.45, 2.75) is 32.2 Å². The fourth-order valence-corrected chi connectivity index (χ4v) is 1.54. The molecule has 15 heavy (non-hydrogen) atoms. The van der Waals surface area contributed by atoms with Crippen LogP contribution in [0.25, 0.3) is 0 Å². The third-order valence-electron chi connectivity index (χ3n) is 3.00. The monoisotopic (exact) mass is 214 g/mol. The Kier molecular flexibility index (Phi) is 4.54. The van der Waals surface area contributed by atoms with Crippen molar-refractivity contribution < 1.29 is 9.53 Å². The van der Waals surface area contributed by atoms with E-state index in [1.54, 1.807) is 7.05 Å². The molecule has 2 N–H and O–H groups in total. The predicted octanol–water partition coefficient (Wildman–Crippen LogP) is 0.527. The third-order valence-corrected chi connectivity index (χ3v) is 3.00. The van der Waals surface area contributed by atoms with Gasteiger partial charge in [0, 0.05) is 13.2 Å². The van der Waals surface area contributed by atoms with E-state index in [2.05, 4.69) is 10.6 Å². The number of hydrogen-bond donors (Lipinski definition) is 2. The first kappa shape index (κ1) is 12.5. The van der Waals surface area contributed by atoms with Crippen molar-refractivity contribution in [3.8, 4) is 0 Å². The van der Waals surface area contributed by atoms with Crippen molar-refractivity contribution in [3.63, 3.8) is 0 Å². The molecule has 1 fully saturated rings. The lowest BCUT2D eigenvalue weighted by molar-refractivity contribution is -0.126. The molecule has 1 aliphatic heterocycles. The minimum Gasteiger partial charge on any atom is -0.381 e. The van der Waals surface area contributed by atoms with Gasteiger partial charge >= 0.3 is 0 Å². The Hall–Kier alpha value is -0.610. The topological polar surface area (TPSA) is 50.4 Å². The highest BCUT2D eigenvalue weighted by molar-refractivity contribution is 5.85. The Bertz CT molecular complexity index is 211. The third kappa shape index (κ3) is 3.80. The van der Waals surface area contributed by atoms with E-state index < -0.39 is 5.54 Å². The standard InChI is InChI=1S/C11H22N2O2/c1-11(2,12-3)10(14)13-7-9-5-4-6-15-8-9/h9,12H,4-8H2,1-3H3,(H,13,14). The second kappa shape index (κ2) is 5.47. The number of amides is 1. The van der Waals surface area contributed by atoms with Gasteiger partial charge in [0.25, 0.3) is 0 Å². The largest absolute Gasteiger partial charge is 0.381 e. The first-order valence-corrected chi connectivity index (χ1v) is 5.61. The summed E-state index contributed by atoms with van der Waals surface area (Å²) in [7, 11) is 1.79. The molecule has 4 nitrogen and oxygen atoms in total. The van der Waals surface area contributed by atoms with E-state index in [0.29, 0.717) is 5.92 Å². The minimum atomic E-state index is -0.491. The van der Waals surface area contributed by atoms with Crippen molar-refractivity contribution in [1.82, 2.24) is 10.6 Å². The molecule has 0 aromatic rings. The van der Waals surface area contributed by atoms with Crippen LogP contribution in [0.4, 0.5) is 0 Å². The summed E-state index contributed by atoms with van der Waals surface area (Å²) >= 11 is 0. The number of carbonyl (C=O) groups excluding carboxylic acids is 1. The summed E-state index contributed by atoms with van der Waals surface area (Å²) in [6.07, 6.45) is 2.26. The van der Waals surface area contributed by atoms with Crippen molar-refractivity contribution in [1.29, 1.82) is 0 Å². The average Bonchev–Trinajstić information content (AvgIpc) is 2.27. The number of rotatable bonds is 4.